The van der Waals surface area contributed by atoms with Crippen LogP contribution in [0.2, 0.25) is 0 Å². The van der Waals surface area contributed by atoms with Crippen LogP contribution in [-0.4, -0.2) is 22.7 Å². The van der Waals surface area contributed by atoms with Gasteiger partial charge in [-0.05, 0) is 37.0 Å². The van der Waals surface area contributed by atoms with Gasteiger partial charge in [0.2, 0.25) is 0 Å². The van der Waals surface area contributed by atoms with Crippen molar-refractivity contribution in [1.82, 2.24) is 9.78 Å². The summed E-state index contributed by atoms with van der Waals surface area (Å²) in [5.74, 6) is -0.515. The van der Waals surface area contributed by atoms with Crippen LogP contribution in [-0.2, 0) is 4.74 Å². The second-order valence-electron chi connectivity index (χ2n) is 4.88. The monoisotopic (exact) mass is 274 g/mol. The fourth-order valence-corrected chi connectivity index (χ4v) is 2.38. The maximum Gasteiger partial charge on any atom is 0.152 e. The van der Waals surface area contributed by atoms with Gasteiger partial charge in [0.05, 0.1) is 11.8 Å². The molecule has 1 fully saturated rings. The first-order chi connectivity index (χ1) is 9.78. The lowest BCUT2D eigenvalue weighted by molar-refractivity contribution is -0.0394. The first-order valence-electron chi connectivity index (χ1n) is 6.69. The van der Waals surface area contributed by atoms with Crippen LogP contribution in [0.1, 0.15) is 35.8 Å². The van der Waals surface area contributed by atoms with Crippen LogP contribution in [0.4, 0.5) is 4.39 Å². The molecule has 1 aromatic carbocycles. The van der Waals surface area contributed by atoms with E-state index in [1.807, 2.05) is 6.20 Å². The molecule has 0 N–H and O–H groups in total. The molecule has 1 aromatic heterocycles. The van der Waals surface area contributed by atoms with Gasteiger partial charge in [0.1, 0.15) is 12.0 Å². The van der Waals surface area contributed by atoms with Gasteiger partial charge < -0.3 is 4.74 Å². The Balaban J connectivity index is 1.85. The van der Waals surface area contributed by atoms with Gasteiger partial charge in [-0.3, -0.25) is 4.79 Å². The van der Waals surface area contributed by atoms with Gasteiger partial charge in [-0.1, -0.05) is 6.07 Å². The number of carbonyl (C=O) groups excluding carboxylic acids is 1. The van der Waals surface area contributed by atoms with Gasteiger partial charge in [-0.2, -0.15) is 5.10 Å². The highest BCUT2D eigenvalue weighted by Crippen LogP contribution is 2.26. The van der Waals surface area contributed by atoms with Crippen molar-refractivity contribution in [3.63, 3.8) is 0 Å². The quantitative estimate of drug-likeness (QED) is 0.807. The molecule has 0 radical (unpaired) electrons. The second kappa shape index (κ2) is 5.54. The van der Waals surface area contributed by atoms with Crippen molar-refractivity contribution in [2.75, 3.05) is 6.61 Å². The number of hydrogen-bond donors (Lipinski definition) is 0. The highest BCUT2D eigenvalue weighted by molar-refractivity contribution is 5.77. The molecule has 1 unspecified atom stereocenters. The summed E-state index contributed by atoms with van der Waals surface area (Å²) in [6, 6.07) is 4.55. The third-order valence-electron chi connectivity index (χ3n) is 3.51. The number of carbonyl (C=O) groups is 1. The minimum Gasteiger partial charge on any atom is -0.357 e. The van der Waals surface area contributed by atoms with Crippen molar-refractivity contribution in [1.29, 1.82) is 0 Å². The Morgan fingerprint density at radius 2 is 2.25 bits per heavy atom. The van der Waals surface area contributed by atoms with Gasteiger partial charge in [0, 0.05) is 18.4 Å². The molecule has 1 saturated heterocycles. The molecule has 4 nitrogen and oxygen atoms in total. The smallest absolute Gasteiger partial charge is 0.152 e. The van der Waals surface area contributed by atoms with Gasteiger partial charge in [0.15, 0.2) is 6.29 Å². The molecule has 1 aliphatic heterocycles. The fourth-order valence-electron chi connectivity index (χ4n) is 2.38. The number of rotatable bonds is 3. The number of aromatic nitrogens is 2. The van der Waals surface area contributed by atoms with Crippen molar-refractivity contribution in [3.05, 3.63) is 42.0 Å². The minimum atomic E-state index is -0.515. The number of benzene rings is 1. The number of aldehydes is 1. The van der Waals surface area contributed by atoms with E-state index in [1.54, 1.807) is 16.9 Å². The van der Waals surface area contributed by atoms with Crippen LogP contribution in [0.3, 0.4) is 0 Å². The first kappa shape index (κ1) is 13.0. The van der Waals surface area contributed by atoms with E-state index in [-0.39, 0.29) is 11.8 Å². The van der Waals surface area contributed by atoms with Crippen molar-refractivity contribution in [2.24, 2.45) is 0 Å². The summed E-state index contributed by atoms with van der Waals surface area (Å²) in [7, 11) is 0. The number of nitrogens with zero attached hydrogens (tertiary/aromatic N) is 2. The molecule has 2 heterocycles. The van der Waals surface area contributed by atoms with Crippen LogP contribution in [0.5, 0.6) is 0 Å². The zero-order valence-electron chi connectivity index (χ0n) is 11.0. The highest BCUT2D eigenvalue weighted by atomic mass is 19.1. The Labute approximate surface area is 116 Å². The van der Waals surface area contributed by atoms with E-state index in [4.69, 9.17) is 4.74 Å². The topological polar surface area (TPSA) is 44.1 Å². The summed E-state index contributed by atoms with van der Waals surface area (Å²) in [4.78, 5) is 10.6. The molecule has 1 aliphatic rings. The van der Waals surface area contributed by atoms with Crippen LogP contribution in [0, 0.1) is 5.82 Å². The molecule has 104 valence electrons. The van der Waals surface area contributed by atoms with E-state index >= 15 is 0 Å². The maximum absolute atomic E-state index is 13.6. The maximum atomic E-state index is 13.6. The molecule has 1 atom stereocenters. The Kier molecular flexibility index (Phi) is 3.60. The normalized spacial score (nSPS) is 18.9. The average Bonchev–Trinajstić information content (AvgIpc) is 2.98. The molecule has 0 amide bonds. The lowest BCUT2D eigenvalue weighted by Gasteiger charge is -2.22. The standard InChI is InChI=1S/C15H15FN2O2/c16-14-7-11(4-5-12(14)10-19)13-8-17-18(9-13)15-3-1-2-6-20-15/h4-5,7-10,15H,1-3,6H2. The molecule has 0 saturated carbocycles. The zero-order valence-corrected chi connectivity index (χ0v) is 11.0. The van der Waals surface area contributed by atoms with Gasteiger partial charge >= 0.3 is 0 Å². The van der Waals surface area contributed by atoms with Crippen molar-refractivity contribution >= 4 is 6.29 Å². The van der Waals surface area contributed by atoms with Crippen LogP contribution >= 0.6 is 0 Å². The second-order valence-corrected chi connectivity index (χ2v) is 4.88. The Hall–Kier alpha value is -2.01. The first-order valence-corrected chi connectivity index (χ1v) is 6.69. The Bertz CT molecular complexity index is 618. The zero-order chi connectivity index (χ0) is 13.9. The largest absolute Gasteiger partial charge is 0.357 e. The summed E-state index contributed by atoms with van der Waals surface area (Å²) in [6.07, 6.45) is 7.18. The van der Waals surface area contributed by atoms with Crippen molar-refractivity contribution in [2.45, 2.75) is 25.5 Å². The van der Waals surface area contributed by atoms with Crippen LogP contribution in [0.15, 0.2) is 30.6 Å². The average molecular weight is 274 g/mol. The van der Waals surface area contributed by atoms with E-state index in [1.165, 1.54) is 12.1 Å². The summed E-state index contributed by atoms with van der Waals surface area (Å²) in [6.45, 7) is 0.752. The summed E-state index contributed by atoms with van der Waals surface area (Å²) in [5.41, 5.74) is 1.59. The lowest BCUT2D eigenvalue weighted by Crippen LogP contribution is -2.18. The van der Waals surface area contributed by atoms with Crippen molar-refractivity contribution < 1.29 is 13.9 Å². The molecule has 2 aromatic rings. The molecule has 5 heteroatoms. The number of ether oxygens (including phenoxy) is 1. The summed E-state index contributed by atoms with van der Waals surface area (Å²) in [5, 5.41) is 4.29. The Morgan fingerprint density at radius 3 is 2.95 bits per heavy atom. The van der Waals surface area contributed by atoms with Crippen LogP contribution < -0.4 is 0 Å². The third-order valence-corrected chi connectivity index (χ3v) is 3.51. The number of halogens is 1. The highest BCUT2D eigenvalue weighted by Gasteiger charge is 2.17. The SMILES string of the molecule is O=Cc1ccc(-c2cnn(C3CCCCO3)c2)cc1F. The molecule has 0 aliphatic carbocycles. The predicted octanol–water partition coefficient (Wildman–Crippen LogP) is 3.20. The Morgan fingerprint density at radius 1 is 1.35 bits per heavy atom. The van der Waals surface area contributed by atoms with Crippen molar-refractivity contribution in [3.8, 4) is 11.1 Å². The van der Waals surface area contributed by atoms with Gasteiger partial charge in [-0.25, -0.2) is 9.07 Å². The van der Waals surface area contributed by atoms with Gasteiger partial charge in [0.25, 0.3) is 0 Å². The van der Waals surface area contributed by atoms with E-state index in [0.29, 0.717) is 11.8 Å². The fraction of sp³-hybridized carbons (Fsp3) is 0.333. The summed E-state index contributed by atoms with van der Waals surface area (Å²) >= 11 is 0. The molecule has 3 rings (SSSR count). The minimum absolute atomic E-state index is 0.0309. The predicted molar refractivity (Wildman–Crippen MR) is 71.8 cm³/mol. The molecule has 0 spiro atoms. The lowest BCUT2D eigenvalue weighted by atomic mass is 10.1. The molecular formula is C15H15FN2O2. The van der Waals surface area contributed by atoms with Crippen LogP contribution in [0.25, 0.3) is 11.1 Å². The van der Waals surface area contributed by atoms with E-state index < -0.39 is 5.82 Å². The van der Waals surface area contributed by atoms with E-state index in [0.717, 1.165) is 31.4 Å². The van der Waals surface area contributed by atoms with E-state index in [2.05, 4.69) is 5.10 Å². The van der Waals surface area contributed by atoms with Gasteiger partial charge in [-0.15, -0.1) is 0 Å². The number of hydrogen-bond acceptors (Lipinski definition) is 3. The molecule has 20 heavy (non-hydrogen) atoms. The van der Waals surface area contributed by atoms with E-state index in [9.17, 15) is 9.18 Å². The molecule has 0 bridgehead atoms. The molecular weight excluding hydrogens is 259 g/mol. The third kappa shape index (κ3) is 2.49. The summed E-state index contributed by atoms with van der Waals surface area (Å²) < 4.78 is 21.0.